The summed E-state index contributed by atoms with van der Waals surface area (Å²) in [6.45, 7) is 0.379. The number of aromatic nitrogens is 5. The van der Waals surface area contributed by atoms with E-state index < -0.39 is 0 Å². The Bertz CT molecular complexity index is 927. The molecule has 0 spiro atoms. The van der Waals surface area contributed by atoms with Crippen molar-refractivity contribution >= 4 is 22.2 Å². The van der Waals surface area contributed by atoms with Crippen LogP contribution in [0.5, 0.6) is 0 Å². The number of nitrogens with zero attached hydrogens (tertiary/aromatic N) is 5. The molecule has 0 fully saturated rings. The number of rotatable bonds is 4. The minimum Gasteiger partial charge on any atom is -0.346 e. The first-order valence-electron chi connectivity index (χ1n) is 6.94. The lowest BCUT2D eigenvalue weighted by molar-refractivity contribution is 0.0950. The van der Waals surface area contributed by atoms with E-state index in [1.165, 1.54) is 0 Å². The van der Waals surface area contributed by atoms with E-state index in [0.29, 0.717) is 12.1 Å². The molecule has 0 aliphatic carbocycles. The second-order valence-corrected chi connectivity index (χ2v) is 5.77. The van der Waals surface area contributed by atoms with Crippen LogP contribution in [0.25, 0.3) is 10.6 Å². The smallest absolute Gasteiger partial charge is 0.253 e. The summed E-state index contributed by atoms with van der Waals surface area (Å²) in [4.78, 5) is 17.9. The average molecular weight is 324 g/mol. The lowest BCUT2D eigenvalue weighted by Gasteiger charge is -2.09. The summed E-state index contributed by atoms with van der Waals surface area (Å²) < 4.78 is 3.65. The van der Waals surface area contributed by atoms with Crippen molar-refractivity contribution in [2.75, 3.05) is 0 Å². The van der Waals surface area contributed by atoms with Crippen LogP contribution in [0.3, 0.4) is 0 Å². The van der Waals surface area contributed by atoms with E-state index in [4.69, 9.17) is 0 Å². The fraction of sp³-hybridized carbons (Fsp3) is 0.0667. The van der Waals surface area contributed by atoms with Crippen LogP contribution in [0.4, 0.5) is 0 Å². The van der Waals surface area contributed by atoms with Crippen molar-refractivity contribution in [3.8, 4) is 5.69 Å². The fourth-order valence-corrected chi connectivity index (χ4v) is 3.06. The number of thiazole rings is 1. The third-order valence-corrected chi connectivity index (χ3v) is 4.19. The van der Waals surface area contributed by atoms with E-state index >= 15 is 0 Å². The normalized spacial score (nSPS) is 11.0. The lowest BCUT2D eigenvalue weighted by Crippen LogP contribution is -2.24. The number of para-hydroxylation sites is 1. The highest BCUT2D eigenvalue weighted by Gasteiger charge is 2.13. The number of imidazole rings is 1. The highest BCUT2D eigenvalue weighted by molar-refractivity contribution is 7.15. The van der Waals surface area contributed by atoms with Gasteiger partial charge in [-0.15, -0.1) is 21.5 Å². The van der Waals surface area contributed by atoms with Gasteiger partial charge in [0.15, 0.2) is 4.96 Å². The maximum Gasteiger partial charge on any atom is 0.253 e. The molecule has 0 atom stereocenters. The molecule has 0 bridgehead atoms. The molecule has 0 unspecified atom stereocenters. The van der Waals surface area contributed by atoms with Crippen LogP contribution in [-0.4, -0.2) is 30.1 Å². The van der Waals surface area contributed by atoms with Crippen molar-refractivity contribution in [3.63, 3.8) is 0 Å². The predicted octanol–water partition coefficient (Wildman–Crippen LogP) is 1.91. The van der Waals surface area contributed by atoms with Gasteiger partial charge in [0.05, 0.1) is 23.5 Å². The van der Waals surface area contributed by atoms with Gasteiger partial charge >= 0.3 is 0 Å². The second-order valence-electron chi connectivity index (χ2n) is 4.89. The molecule has 3 heterocycles. The Hall–Kier alpha value is -3.00. The number of nitrogens with one attached hydrogen (secondary N) is 1. The zero-order chi connectivity index (χ0) is 15.6. The molecule has 0 aliphatic heterocycles. The number of fused-ring (bicyclic) bond motifs is 1. The van der Waals surface area contributed by atoms with Crippen molar-refractivity contribution in [2.45, 2.75) is 6.54 Å². The molecule has 0 saturated carbocycles. The Morgan fingerprint density at radius 3 is 2.87 bits per heavy atom. The maximum atomic E-state index is 12.5. The predicted molar refractivity (Wildman–Crippen MR) is 85.6 cm³/mol. The van der Waals surface area contributed by atoms with Crippen LogP contribution >= 0.6 is 11.3 Å². The van der Waals surface area contributed by atoms with E-state index in [-0.39, 0.29) is 5.91 Å². The molecule has 114 valence electrons. The number of amides is 1. The second kappa shape index (κ2) is 5.65. The molecular formula is C15H12N6OS. The third kappa shape index (κ3) is 2.59. The fourth-order valence-electron chi connectivity index (χ4n) is 2.34. The van der Waals surface area contributed by atoms with Crippen LogP contribution in [-0.2, 0) is 6.54 Å². The van der Waals surface area contributed by atoms with E-state index in [9.17, 15) is 4.79 Å². The molecule has 4 aromatic rings. The van der Waals surface area contributed by atoms with Gasteiger partial charge in [0.1, 0.15) is 12.7 Å². The number of benzene rings is 1. The van der Waals surface area contributed by atoms with Gasteiger partial charge in [0.25, 0.3) is 5.91 Å². The molecule has 3 aromatic heterocycles. The Balaban J connectivity index is 1.54. The molecular weight excluding hydrogens is 312 g/mol. The molecule has 1 amide bonds. The van der Waals surface area contributed by atoms with Gasteiger partial charge in [-0.3, -0.25) is 13.8 Å². The first-order chi connectivity index (χ1) is 11.3. The molecule has 7 nitrogen and oxygen atoms in total. The Labute approximate surface area is 135 Å². The highest BCUT2D eigenvalue weighted by Crippen LogP contribution is 2.14. The number of hydrogen-bond acceptors (Lipinski definition) is 5. The van der Waals surface area contributed by atoms with Gasteiger partial charge in [-0.2, -0.15) is 0 Å². The monoisotopic (exact) mass is 324 g/mol. The quantitative estimate of drug-likeness (QED) is 0.622. The summed E-state index contributed by atoms with van der Waals surface area (Å²) in [5.41, 5.74) is 2.13. The molecule has 0 radical (unpaired) electrons. The number of hydrogen-bond donors (Lipinski definition) is 1. The summed E-state index contributed by atoms with van der Waals surface area (Å²) in [7, 11) is 0. The van der Waals surface area contributed by atoms with Gasteiger partial charge in [0.2, 0.25) is 0 Å². The summed E-state index contributed by atoms with van der Waals surface area (Å²) in [5.74, 6) is -0.161. The summed E-state index contributed by atoms with van der Waals surface area (Å²) in [5, 5.41) is 12.4. The molecule has 0 aliphatic rings. The SMILES string of the molecule is O=C(NCc1cn2ccsc2n1)c1ccccc1-n1cnnc1. The van der Waals surface area contributed by atoms with Crippen LogP contribution in [0, 0.1) is 0 Å². The maximum absolute atomic E-state index is 12.5. The first kappa shape index (κ1) is 13.6. The Morgan fingerprint density at radius 1 is 1.22 bits per heavy atom. The summed E-state index contributed by atoms with van der Waals surface area (Å²) >= 11 is 1.56. The zero-order valence-electron chi connectivity index (χ0n) is 12.0. The van der Waals surface area contributed by atoms with Gasteiger partial charge < -0.3 is 5.32 Å². The van der Waals surface area contributed by atoms with E-state index in [2.05, 4.69) is 20.5 Å². The Morgan fingerprint density at radius 2 is 2.04 bits per heavy atom. The molecule has 4 rings (SSSR count). The summed E-state index contributed by atoms with van der Waals surface area (Å²) in [6.07, 6.45) is 6.99. The van der Waals surface area contributed by atoms with Crippen molar-refractivity contribution < 1.29 is 4.79 Å². The standard InChI is InChI=1S/C15H12N6OS/c22-14(16-7-11-8-20-5-6-23-15(20)19-11)12-3-1-2-4-13(12)21-9-17-18-10-21/h1-6,8-10H,7H2,(H,16,22). The molecule has 23 heavy (non-hydrogen) atoms. The van der Waals surface area contributed by atoms with E-state index in [1.807, 2.05) is 40.4 Å². The topological polar surface area (TPSA) is 77.1 Å². The molecule has 1 aromatic carbocycles. The van der Waals surface area contributed by atoms with Crippen LogP contribution in [0.1, 0.15) is 16.1 Å². The minimum absolute atomic E-state index is 0.161. The molecule has 8 heteroatoms. The van der Waals surface area contributed by atoms with E-state index in [0.717, 1.165) is 16.3 Å². The highest BCUT2D eigenvalue weighted by atomic mass is 32.1. The van der Waals surface area contributed by atoms with Crippen molar-refractivity contribution in [2.24, 2.45) is 0 Å². The number of carbonyl (C=O) groups excluding carboxylic acids is 1. The number of carbonyl (C=O) groups is 1. The van der Waals surface area contributed by atoms with Gasteiger partial charge in [-0.25, -0.2) is 4.98 Å². The first-order valence-corrected chi connectivity index (χ1v) is 7.82. The van der Waals surface area contributed by atoms with Crippen molar-refractivity contribution in [3.05, 3.63) is 66.0 Å². The Kier molecular flexibility index (Phi) is 3.35. The van der Waals surface area contributed by atoms with Crippen LogP contribution < -0.4 is 5.32 Å². The third-order valence-electron chi connectivity index (χ3n) is 3.42. The van der Waals surface area contributed by atoms with E-state index in [1.54, 1.807) is 34.6 Å². The summed E-state index contributed by atoms with van der Waals surface area (Å²) in [6, 6.07) is 7.33. The molecule has 0 saturated heterocycles. The van der Waals surface area contributed by atoms with Crippen LogP contribution in [0.15, 0.2) is 54.7 Å². The lowest BCUT2D eigenvalue weighted by atomic mass is 10.1. The van der Waals surface area contributed by atoms with Gasteiger partial charge in [-0.1, -0.05) is 12.1 Å². The van der Waals surface area contributed by atoms with Crippen molar-refractivity contribution in [1.29, 1.82) is 0 Å². The molecule has 1 N–H and O–H groups in total. The largest absolute Gasteiger partial charge is 0.346 e. The van der Waals surface area contributed by atoms with Crippen molar-refractivity contribution in [1.82, 2.24) is 29.5 Å². The van der Waals surface area contributed by atoms with Gasteiger partial charge in [0, 0.05) is 17.8 Å². The zero-order valence-corrected chi connectivity index (χ0v) is 12.8. The van der Waals surface area contributed by atoms with Gasteiger partial charge in [-0.05, 0) is 12.1 Å². The minimum atomic E-state index is -0.161. The van der Waals surface area contributed by atoms with Crippen LogP contribution in [0.2, 0.25) is 0 Å². The average Bonchev–Trinajstić information content (AvgIpc) is 3.29.